The molecule has 24 heavy (non-hydrogen) atoms. The van der Waals surface area contributed by atoms with E-state index < -0.39 is 5.97 Å². The zero-order chi connectivity index (χ0) is 17.1. The average molecular weight is 360 g/mol. The highest BCUT2D eigenvalue weighted by Gasteiger charge is 2.13. The van der Waals surface area contributed by atoms with Crippen molar-refractivity contribution in [3.05, 3.63) is 76.4 Å². The molecular formula is C19H15Cl2NO2. The molecule has 122 valence electrons. The summed E-state index contributed by atoms with van der Waals surface area (Å²) in [5, 5.41) is 10.3. The first kappa shape index (κ1) is 16.6. The largest absolute Gasteiger partial charge is 0.481 e. The van der Waals surface area contributed by atoms with Crippen LogP contribution in [0.4, 0.5) is 0 Å². The first-order chi connectivity index (χ1) is 11.5. The number of carboxylic acids is 1. The molecule has 0 spiro atoms. The Morgan fingerprint density at radius 1 is 0.875 bits per heavy atom. The number of hydrogen-bond acceptors (Lipinski definition) is 1. The lowest BCUT2D eigenvalue weighted by Crippen LogP contribution is -2.05. The number of rotatable bonds is 5. The molecule has 1 aromatic heterocycles. The first-order valence-corrected chi connectivity index (χ1v) is 8.24. The molecular weight excluding hydrogens is 345 g/mol. The van der Waals surface area contributed by atoms with E-state index in [4.69, 9.17) is 28.3 Å². The number of aryl methyl sites for hydroxylation is 1. The van der Waals surface area contributed by atoms with E-state index in [2.05, 4.69) is 4.57 Å². The number of aromatic nitrogens is 1. The van der Waals surface area contributed by atoms with Crippen molar-refractivity contribution >= 4 is 29.2 Å². The van der Waals surface area contributed by atoms with Crippen LogP contribution in [-0.2, 0) is 11.2 Å². The van der Waals surface area contributed by atoms with Crippen molar-refractivity contribution in [1.29, 1.82) is 0 Å². The first-order valence-electron chi connectivity index (χ1n) is 7.49. The lowest BCUT2D eigenvalue weighted by Gasteiger charge is -2.14. The van der Waals surface area contributed by atoms with Gasteiger partial charge in [-0.05, 0) is 60.5 Å². The van der Waals surface area contributed by atoms with Gasteiger partial charge in [0.05, 0.1) is 12.1 Å². The van der Waals surface area contributed by atoms with Crippen LogP contribution in [0.3, 0.4) is 0 Å². The van der Waals surface area contributed by atoms with Crippen LogP contribution in [0, 0.1) is 0 Å². The van der Waals surface area contributed by atoms with Crippen LogP contribution in [0.1, 0.15) is 12.1 Å². The lowest BCUT2D eigenvalue weighted by molar-refractivity contribution is -0.136. The van der Waals surface area contributed by atoms with Gasteiger partial charge in [-0.2, -0.15) is 0 Å². The van der Waals surface area contributed by atoms with Crippen LogP contribution in [-0.4, -0.2) is 15.6 Å². The Labute approximate surface area is 150 Å². The fourth-order valence-electron chi connectivity index (χ4n) is 2.65. The van der Waals surface area contributed by atoms with Gasteiger partial charge in [-0.3, -0.25) is 4.79 Å². The predicted molar refractivity (Wildman–Crippen MR) is 97.2 cm³/mol. The molecule has 0 saturated carbocycles. The normalized spacial score (nSPS) is 10.8. The molecule has 0 amide bonds. The van der Waals surface area contributed by atoms with Crippen molar-refractivity contribution in [3.63, 3.8) is 0 Å². The number of aliphatic carboxylic acids is 1. The summed E-state index contributed by atoms with van der Waals surface area (Å²) < 4.78 is 2.06. The van der Waals surface area contributed by atoms with Crippen LogP contribution < -0.4 is 0 Å². The third kappa shape index (κ3) is 3.64. The van der Waals surface area contributed by atoms with E-state index in [1.165, 1.54) is 0 Å². The molecule has 0 aliphatic carbocycles. The highest BCUT2D eigenvalue weighted by atomic mass is 35.5. The zero-order valence-electron chi connectivity index (χ0n) is 12.7. The molecule has 0 unspecified atom stereocenters. The lowest BCUT2D eigenvalue weighted by atomic mass is 10.1. The summed E-state index contributed by atoms with van der Waals surface area (Å²) in [5.41, 5.74) is 3.87. The number of halogens is 2. The number of carboxylic acid groups (broad SMARTS) is 1. The molecule has 0 aliphatic rings. The second-order valence-corrected chi connectivity index (χ2v) is 6.30. The van der Waals surface area contributed by atoms with E-state index in [-0.39, 0.29) is 6.42 Å². The summed E-state index contributed by atoms with van der Waals surface area (Å²) in [6.07, 6.45) is 0.531. The van der Waals surface area contributed by atoms with Crippen LogP contribution in [0.5, 0.6) is 0 Å². The van der Waals surface area contributed by atoms with E-state index >= 15 is 0 Å². The molecule has 1 heterocycles. The van der Waals surface area contributed by atoms with Gasteiger partial charge < -0.3 is 9.67 Å². The Bertz CT molecular complexity index is 852. The van der Waals surface area contributed by atoms with Crippen molar-refractivity contribution in [2.45, 2.75) is 12.8 Å². The maximum Gasteiger partial charge on any atom is 0.303 e. The molecule has 3 aromatic rings. The van der Waals surface area contributed by atoms with E-state index in [0.717, 1.165) is 22.6 Å². The summed E-state index contributed by atoms with van der Waals surface area (Å²) in [4.78, 5) is 10.9. The summed E-state index contributed by atoms with van der Waals surface area (Å²) in [5.74, 6) is -0.813. The molecule has 0 atom stereocenters. The molecule has 1 N–H and O–H groups in total. The van der Waals surface area contributed by atoms with Crippen LogP contribution in [0.2, 0.25) is 10.0 Å². The van der Waals surface area contributed by atoms with Crippen LogP contribution in [0.15, 0.2) is 60.7 Å². The van der Waals surface area contributed by atoms with Crippen molar-refractivity contribution < 1.29 is 9.90 Å². The quantitative estimate of drug-likeness (QED) is 0.656. The minimum atomic E-state index is -0.813. The van der Waals surface area contributed by atoms with E-state index in [9.17, 15) is 4.79 Å². The molecule has 0 fully saturated rings. The second-order valence-electron chi connectivity index (χ2n) is 5.42. The van der Waals surface area contributed by atoms with Crippen molar-refractivity contribution in [1.82, 2.24) is 4.57 Å². The Morgan fingerprint density at radius 2 is 1.46 bits per heavy atom. The zero-order valence-corrected chi connectivity index (χ0v) is 14.3. The van der Waals surface area contributed by atoms with Gasteiger partial charge in [0.1, 0.15) is 0 Å². The maximum absolute atomic E-state index is 10.9. The number of benzene rings is 2. The fourth-order valence-corrected chi connectivity index (χ4v) is 2.90. The Balaban J connectivity index is 2.09. The molecule has 2 aromatic carbocycles. The minimum absolute atomic E-state index is 0.0810. The summed E-state index contributed by atoms with van der Waals surface area (Å²) in [6.45, 7) is 0. The number of nitrogens with zero attached hydrogens (tertiary/aromatic N) is 1. The molecule has 0 aliphatic heterocycles. The molecule has 0 bridgehead atoms. The van der Waals surface area contributed by atoms with Crippen molar-refractivity contribution in [3.8, 4) is 16.9 Å². The highest BCUT2D eigenvalue weighted by molar-refractivity contribution is 6.30. The van der Waals surface area contributed by atoms with Gasteiger partial charge >= 0.3 is 5.97 Å². The summed E-state index contributed by atoms with van der Waals surface area (Å²) >= 11 is 12.0. The van der Waals surface area contributed by atoms with Crippen LogP contribution >= 0.6 is 23.2 Å². The molecule has 3 nitrogen and oxygen atoms in total. The van der Waals surface area contributed by atoms with Gasteiger partial charge in [0.15, 0.2) is 0 Å². The number of hydrogen-bond donors (Lipinski definition) is 1. The van der Waals surface area contributed by atoms with Crippen molar-refractivity contribution in [2.75, 3.05) is 0 Å². The standard InChI is InChI=1S/C19H15Cl2NO2/c20-14-3-1-13(2-4-14)18-11-9-17(10-12-19(23)24)22(18)16-7-5-15(21)6-8-16/h1-9,11H,10,12H2,(H,23,24). The Kier molecular flexibility index (Phi) is 4.93. The highest BCUT2D eigenvalue weighted by Crippen LogP contribution is 2.29. The van der Waals surface area contributed by atoms with Gasteiger partial charge in [0.25, 0.3) is 0 Å². The molecule has 5 heteroatoms. The van der Waals surface area contributed by atoms with Gasteiger partial charge in [-0.15, -0.1) is 0 Å². The van der Waals surface area contributed by atoms with Gasteiger partial charge in [0.2, 0.25) is 0 Å². The maximum atomic E-state index is 10.9. The van der Waals surface area contributed by atoms with E-state index in [1.807, 2.05) is 60.7 Å². The monoisotopic (exact) mass is 359 g/mol. The molecule has 0 radical (unpaired) electrons. The second kappa shape index (κ2) is 7.12. The average Bonchev–Trinajstić information content (AvgIpc) is 2.98. The van der Waals surface area contributed by atoms with E-state index in [1.54, 1.807) is 0 Å². The molecule has 3 rings (SSSR count). The topological polar surface area (TPSA) is 42.2 Å². The van der Waals surface area contributed by atoms with Crippen molar-refractivity contribution in [2.24, 2.45) is 0 Å². The van der Waals surface area contributed by atoms with Gasteiger partial charge in [-0.25, -0.2) is 0 Å². The van der Waals surface area contributed by atoms with Crippen LogP contribution in [0.25, 0.3) is 16.9 Å². The van der Waals surface area contributed by atoms with Gasteiger partial charge in [0, 0.05) is 21.4 Å². The van der Waals surface area contributed by atoms with Gasteiger partial charge in [-0.1, -0.05) is 35.3 Å². The summed E-state index contributed by atoms with van der Waals surface area (Å²) in [7, 11) is 0. The molecule has 0 saturated heterocycles. The SMILES string of the molecule is O=C(O)CCc1ccc(-c2ccc(Cl)cc2)n1-c1ccc(Cl)cc1. The third-order valence-corrected chi connectivity index (χ3v) is 4.29. The smallest absolute Gasteiger partial charge is 0.303 e. The number of carbonyl (C=O) groups is 1. The Hall–Kier alpha value is -2.23. The summed E-state index contributed by atoms with van der Waals surface area (Å²) in [6, 6.07) is 19.0. The van der Waals surface area contributed by atoms with E-state index in [0.29, 0.717) is 16.5 Å². The fraction of sp³-hybridized carbons (Fsp3) is 0.105. The minimum Gasteiger partial charge on any atom is -0.481 e. The Morgan fingerprint density at radius 3 is 2.04 bits per heavy atom. The predicted octanol–water partition coefficient (Wildman–Crippen LogP) is 5.47. The third-order valence-electron chi connectivity index (χ3n) is 3.78.